The Kier molecular flexibility index (Phi) is 9.46. The first-order valence-corrected chi connectivity index (χ1v) is 9.76. The lowest BCUT2D eigenvalue weighted by Crippen LogP contribution is -2.47. The fraction of sp³-hybridized carbons (Fsp3) is 0.526. The van der Waals surface area contributed by atoms with Gasteiger partial charge in [0.25, 0.3) is 0 Å². The molecule has 0 saturated heterocycles. The molecule has 1 aromatic heterocycles. The number of hydrogen-bond acceptors (Lipinski definition) is 4. The summed E-state index contributed by atoms with van der Waals surface area (Å²) in [6.07, 6.45) is 2.79. The van der Waals surface area contributed by atoms with Gasteiger partial charge in [0, 0.05) is 37.7 Å². The Morgan fingerprint density at radius 3 is 2.86 bits per heavy atom. The van der Waals surface area contributed by atoms with Crippen molar-refractivity contribution in [3.8, 4) is 0 Å². The van der Waals surface area contributed by atoms with Crippen LogP contribution in [0.5, 0.6) is 0 Å². The third-order valence-electron chi connectivity index (χ3n) is 4.44. The number of benzene rings is 1. The topological polar surface area (TPSA) is 76.4 Å². The highest BCUT2D eigenvalue weighted by Gasteiger charge is 2.22. The van der Waals surface area contributed by atoms with Gasteiger partial charge in [-0.3, -0.25) is 4.99 Å². The summed E-state index contributed by atoms with van der Waals surface area (Å²) in [5.74, 6) is 2.62. The number of aliphatic imine (C=N–C) groups is 1. The molecule has 1 unspecified atom stereocenters. The van der Waals surface area contributed by atoms with Gasteiger partial charge in [-0.1, -0.05) is 23.7 Å². The second-order valence-corrected chi connectivity index (χ2v) is 7.01. The number of aryl methyl sites for hydroxylation is 1. The van der Waals surface area contributed by atoms with Crippen LogP contribution in [0.2, 0.25) is 5.02 Å². The highest BCUT2D eigenvalue weighted by atomic mass is 127. The molecular formula is C19H28ClIN6O. The van der Waals surface area contributed by atoms with Crippen LogP contribution in [-0.4, -0.2) is 47.0 Å². The van der Waals surface area contributed by atoms with Crippen molar-refractivity contribution in [3.05, 3.63) is 46.5 Å². The highest BCUT2D eigenvalue weighted by molar-refractivity contribution is 14.0. The fourth-order valence-corrected chi connectivity index (χ4v) is 3.26. The van der Waals surface area contributed by atoms with Crippen molar-refractivity contribution in [3.63, 3.8) is 0 Å². The number of methoxy groups -OCH3 is 1. The van der Waals surface area contributed by atoms with Crippen molar-refractivity contribution < 1.29 is 4.74 Å². The molecule has 1 atom stereocenters. The number of ether oxygens (including phenoxy) is 1. The lowest BCUT2D eigenvalue weighted by atomic mass is 10.1. The van der Waals surface area contributed by atoms with E-state index < -0.39 is 0 Å². The first-order chi connectivity index (χ1) is 13.2. The Bertz CT molecular complexity index is 764. The number of aromatic nitrogens is 3. The molecule has 2 heterocycles. The molecule has 0 bridgehead atoms. The van der Waals surface area contributed by atoms with Gasteiger partial charge in [0.15, 0.2) is 11.8 Å². The summed E-state index contributed by atoms with van der Waals surface area (Å²) < 4.78 is 7.10. The first kappa shape index (κ1) is 22.9. The maximum absolute atomic E-state index is 5.93. The monoisotopic (exact) mass is 518 g/mol. The van der Waals surface area contributed by atoms with Gasteiger partial charge >= 0.3 is 0 Å². The van der Waals surface area contributed by atoms with Gasteiger partial charge in [0.1, 0.15) is 12.4 Å². The summed E-state index contributed by atoms with van der Waals surface area (Å²) >= 11 is 5.93. The zero-order valence-electron chi connectivity index (χ0n) is 16.3. The van der Waals surface area contributed by atoms with Crippen LogP contribution in [0.4, 0.5) is 0 Å². The van der Waals surface area contributed by atoms with E-state index in [2.05, 4.69) is 27.6 Å². The predicted octanol–water partition coefficient (Wildman–Crippen LogP) is 2.81. The number of halogens is 2. The van der Waals surface area contributed by atoms with Crippen LogP contribution in [0.25, 0.3) is 0 Å². The summed E-state index contributed by atoms with van der Waals surface area (Å²) in [7, 11) is 1.66. The van der Waals surface area contributed by atoms with Crippen molar-refractivity contribution in [2.75, 3.05) is 20.2 Å². The normalized spacial score (nSPS) is 16.2. The van der Waals surface area contributed by atoms with Gasteiger partial charge in [0.2, 0.25) is 0 Å². The summed E-state index contributed by atoms with van der Waals surface area (Å²) in [6, 6.07) is 8.20. The molecule has 1 aliphatic heterocycles. The average molecular weight is 519 g/mol. The molecule has 9 heteroatoms. The van der Waals surface area contributed by atoms with Crippen molar-refractivity contribution in [2.45, 2.75) is 45.4 Å². The van der Waals surface area contributed by atoms with Gasteiger partial charge in [-0.2, -0.15) is 5.10 Å². The first-order valence-electron chi connectivity index (χ1n) is 9.38. The molecule has 28 heavy (non-hydrogen) atoms. The van der Waals surface area contributed by atoms with Crippen LogP contribution < -0.4 is 10.6 Å². The minimum Gasteiger partial charge on any atom is -0.377 e. The maximum atomic E-state index is 5.93. The van der Waals surface area contributed by atoms with Crippen molar-refractivity contribution in [1.29, 1.82) is 0 Å². The van der Waals surface area contributed by atoms with Gasteiger partial charge < -0.3 is 15.4 Å². The molecule has 1 aromatic carbocycles. The second kappa shape index (κ2) is 11.6. The van der Waals surface area contributed by atoms with E-state index in [1.807, 2.05) is 28.9 Å². The molecule has 0 fully saturated rings. The van der Waals surface area contributed by atoms with Gasteiger partial charge in [-0.15, -0.1) is 24.0 Å². The SMILES string of the molecule is CCNC(=NCCc1ccc(Cl)cc1)NC1CCc2nc(COC)nn2C1.I. The summed E-state index contributed by atoms with van der Waals surface area (Å²) in [4.78, 5) is 9.24. The largest absolute Gasteiger partial charge is 0.377 e. The minimum atomic E-state index is 0. The Balaban J connectivity index is 0.00000280. The second-order valence-electron chi connectivity index (χ2n) is 6.58. The Morgan fingerprint density at radius 2 is 2.14 bits per heavy atom. The molecule has 154 valence electrons. The number of fused-ring (bicyclic) bond motifs is 1. The minimum absolute atomic E-state index is 0. The Morgan fingerprint density at radius 1 is 1.36 bits per heavy atom. The van der Waals surface area contributed by atoms with E-state index in [0.717, 1.165) is 61.5 Å². The summed E-state index contributed by atoms with van der Waals surface area (Å²) in [6.45, 7) is 4.85. The number of rotatable bonds is 7. The zero-order valence-corrected chi connectivity index (χ0v) is 19.4. The third kappa shape index (κ3) is 6.59. The zero-order chi connectivity index (χ0) is 19.1. The van der Waals surface area contributed by atoms with Crippen LogP contribution in [0.1, 0.15) is 30.6 Å². The molecule has 0 amide bonds. The molecular weight excluding hydrogens is 491 g/mol. The smallest absolute Gasteiger partial charge is 0.191 e. The van der Waals surface area contributed by atoms with Crippen LogP contribution in [0.15, 0.2) is 29.3 Å². The quantitative estimate of drug-likeness (QED) is 0.335. The maximum Gasteiger partial charge on any atom is 0.191 e. The molecule has 0 saturated carbocycles. The lowest BCUT2D eigenvalue weighted by Gasteiger charge is -2.25. The van der Waals surface area contributed by atoms with E-state index in [4.69, 9.17) is 21.3 Å². The third-order valence-corrected chi connectivity index (χ3v) is 4.70. The number of hydrogen-bond donors (Lipinski definition) is 2. The van der Waals surface area contributed by atoms with Crippen molar-refractivity contribution in [2.24, 2.45) is 4.99 Å². The summed E-state index contributed by atoms with van der Waals surface area (Å²) in [5.41, 5.74) is 1.23. The number of nitrogens with zero attached hydrogens (tertiary/aromatic N) is 4. The molecule has 3 rings (SSSR count). The molecule has 2 N–H and O–H groups in total. The Labute approximate surface area is 188 Å². The van der Waals surface area contributed by atoms with E-state index in [-0.39, 0.29) is 30.0 Å². The van der Waals surface area contributed by atoms with E-state index in [9.17, 15) is 0 Å². The van der Waals surface area contributed by atoms with Crippen LogP contribution in [0, 0.1) is 0 Å². The van der Waals surface area contributed by atoms with Crippen LogP contribution >= 0.6 is 35.6 Å². The molecule has 0 spiro atoms. The van der Waals surface area contributed by atoms with E-state index in [0.29, 0.717) is 6.61 Å². The molecule has 1 aliphatic rings. The van der Waals surface area contributed by atoms with Gasteiger partial charge in [-0.05, 0) is 37.5 Å². The Hall–Kier alpha value is -1.39. The van der Waals surface area contributed by atoms with Crippen molar-refractivity contribution >= 4 is 41.5 Å². The van der Waals surface area contributed by atoms with Crippen LogP contribution in [0.3, 0.4) is 0 Å². The summed E-state index contributed by atoms with van der Waals surface area (Å²) in [5, 5.41) is 12.1. The average Bonchev–Trinajstić information content (AvgIpc) is 3.05. The van der Waals surface area contributed by atoms with Gasteiger partial charge in [-0.25, -0.2) is 9.67 Å². The predicted molar refractivity (Wildman–Crippen MR) is 123 cm³/mol. The fourth-order valence-electron chi connectivity index (χ4n) is 3.13. The van der Waals surface area contributed by atoms with E-state index in [1.165, 1.54) is 5.56 Å². The molecule has 0 radical (unpaired) electrons. The van der Waals surface area contributed by atoms with Crippen LogP contribution in [-0.2, 0) is 30.7 Å². The standard InChI is InChI=1S/C19H27ClN6O.HI/c1-3-21-19(22-11-10-14-4-6-15(20)7-5-14)23-16-8-9-18-24-17(13-27-2)25-26(18)12-16;/h4-7,16H,3,8-13H2,1-2H3,(H2,21,22,23);1H. The van der Waals surface area contributed by atoms with E-state index in [1.54, 1.807) is 7.11 Å². The molecule has 0 aliphatic carbocycles. The molecule has 7 nitrogen and oxygen atoms in total. The number of nitrogens with one attached hydrogen (secondary N) is 2. The van der Waals surface area contributed by atoms with Gasteiger partial charge in [0.05, 0.1) is 6.54 Å². The molecule has 2 aromatic rings. The number of guanidine groups is 1. The van der Waals surface area contributed by atoms with E-state index >= 15 is 0 Å². The lowest BCUT2D eigenvalue weighted by molar-refractivity contribution is 0.177. The highest BCUT2D eigenvalue weighted by Crippen LogP contribution is 2.13. The van der Waals surface area contributed by atoms with Crippen molar-refractivity contribution in [1.82, 2.24) is 25.4 Å².